The van der Waals surface area contributed by atoms with Crippen LogP contribution in [0.5, 0.6) is 0 Å². The number of rotatable bonds is 1. The monoisotopic (exact) mass is 239 g/mol. The molecule has 1 unspecified atom stereocenters. The van der Waals surface area contributed by atoms with Gasteiger partial charge in [0.1, 0.15) is 0 Å². The van der Waals surface area contributed by atoms with Crippen LogP contribution in [0.15, 0.2) is 52.6 Å². The summed E-state index contributed by atoms with van der Waals surface area (Å²) < 4.78 is 0. The highest BCUT2D eigenvalue weighted by molar-refractivity contribution is 6.04. The third-order valence-electron chi connectivity index (χ3n) is 4.26. The minimum Gasteiger partial charge on any atom is -0.289 e. The van der Waals surface area contributed by atoms with Crippen molar-refractivity contribution in [3.63, 3.8) is 0 Å². The predicted molar refractivity (Wildman–Crippen MR) is 77.9 cm³/mol. The van der Waals surface area contributed by atoms with Gasteiger partial charge in [0.05, 0.1) is 0 Å². The third kappa shape index (κ3) is 2.03. The second-order valence-corrected chi connectivity index (χ2v) is 6.13. The number of hydrogen-bond donors (Lipinski definition) is 0. The summed E-state index contributed by atoms with van der Waals surface area (Å²) in [5.74, 6) is 0.565. The van der Waals surface area contributed by atoms with Crippen LogP contribution in [-0.4, -0.2) is 12.3 Å². The number of hydrogen-bond acceptors (Lipinski definition) is 1. The van der Waals surface area contributed by atoms with E-state index in [0.717, 1.165) is 13.0 Å². The second kappa shape index (κ2) is 4.38. The zero-order chi connectivity index (χ0) is 12.6. The Labute approximate surface area is 110 Å². The van der Waals surface area contributed by atoms with E-state index in [4.69, 9.17) is 4.99 Å². The van der Waals surface area contributed by atoms with Crippen molar-refractivity contribution >= 4 is 5.71 Å². The van der Waals surface area contributed by atoms with Crippen LogP contribution in [0.3, 0.4) is 0 Å². The van der Waals surface area contributed by atoms with E-state index in [-0.39, 0.29) is 5.41 Å². The Bertz CT molecular complexity index is 498. The molecule has 0 saturated heterocycles. The molecule has 3 rings (SSSR count). The van der Waals surface area contributed by atoms with Crippen molar-refractivity contribution in [1.29, 1.82) is 0 Å². The fourth-order valence-electron chi connectivity index (χ4n) is 3.22. The van der Waals surface area contributed by atoms with Crippen molar-refractivity contribution < 1.29 is 0 Å². The van der Waals surface area contributed by atoms with Crippen molar-refractivity contribution in [3.8, 4) is 0 Å². The van der Waals surface area contributed by atoms with Crippen LogP contribution >= 0.6 is 0 Å². The molecule has 0 bridgehead atoms. The summed E-state index contributed by atoms with van der Waals surface area (Å²) in [6.45, 7) is 5.68. The van der Waals surface area contributed by atoms with Crippen molar-refractivity contribution in [2.75, 3.05) is 6.54 Å². The van der Waals surface area contributed by atoms with Gasteiger partial charge in [0.25, 0.3) is 0 Å². The fourth-order valence-corrected chi connectivity index (χ4v) is 3.22. The van der Waals surface area contributed by atoms with Gasteiger partial charge in [0.2, 0.25) is 0 Å². The Morgan fingerprint density at radius 1 is 1.22 bits per heavy atom. The number of nitrogens with zero attached hydrogens (tertiary/aromatic N) is 1. The molecule has 3 aliphatic rings. The minimum atomic E-state index is 0.254. The smallest absolute Gasteiger partial charge is 0.0436 e. The van der Waals surface area contributed by atoms with Gasteiger partial charge in [0.15, 0.2) is 0 Å². The lowest BCUT2D eigenvalue weighted by molar-refractivity contribution is 0.437. The predicted octanol–water partition coefficient (Wildman–Crippen LogP) is 4.25. The van der Waals surface area contributed by atoms with Crippen LogP contribution in [0.25, 0.3) is 0 Å². The first kappa shape index (κ1) is 11.7. The maximum absolute atomic E-state index is 4.82. The summed E-state index contributed by atoms with van der Waals surface area (Å²) in [5, 5.41) is 0. The van der Waals surface area contributed by atoms with Gasteiger partial charge in [0, 0.05) is 23.6 Å². The summed E-state index contributed by atoms with van der Waals surface area (Å²) in [6, 6.07) is 0. The molecule has 18 heavy (non-hydrogen) atoms. The van der Waals surface area contributed by atoms with Crippen LogP contribution < -0.4 is 0 Å². The topological polar surface area (TPSA) is 12.4 Å². The summed E-state index contributed by atoms with van der Waals surface area (Å²) in [7, 11) is 0. The highest BCUT2D eigenvalue weighted by atomic mass is 14.8. The van der Waals surface area contributed by atoms with E-state index in [1.54, 1.807) is 0 Å². The molecule has 1 heterocycles. The molecule has 94 valence electrons. The van der Waals surface area contributed by atoms with E-state index in [1.165, 1.54) is 29.7 Å². The standard InChI is InChI=1S/C17H21N/c1-17(2)10-5-11-18-16(17)15-9-8-13-6-3-4-7-14(13)12-15/h3-4,6-9,14H,5,10-12H2,1-2H3. The van der Waals surface area contributed by atoms with E-state index < -0.39 is 0 Å². The SMILES string of the molecule is CC1(C)CCCN=C1C1=CC=C2C=CC=CC2C1. The van der Waals surface area contributed by atoms with Crippen molar-refractivity contribution in [2.24, 2.45) is 16.3 Å². The molecule has 0 spiro atoms. The van der Waals surface area contributed by atoms with E-state index in [1.807, 2.05) is 0 Å². The fraction of sp³-hybridized carbons (Fsp3) is 0.471. The molecule has 0 aromatic heterocycles. The minimum absolute atomic E-state index is 0.254. The van der Waals surface area contributed by atoms with E-state index in [2.05, 4.69) is 50.3 Å². The molecule has 1 heteroatoms. The Kier molecular flexibility index (Phi) is 2.85. The molecule has 0 aromatic carbocycles. The molecule has 2 aliphatic carbocycles. The molecule has 0 N–H and O–H groups in total. The Morgan fingerprint density at radius 3 is 2.94 bits per heavy atom. The lowest BCUT2D eigenvalue weighted by Gasteiger charge is -2.34. The zero-order valence-corrected chi connectivity index (χ0v) is 11.3. The molecular weight excluding hydrogens is 218 g/mol. The van der Waals surface area contributed by atoms with Crippen molar-refractivity contribution in [1.82, 2.24) is 0 Å². The number of fused-ring (bicyclic) bond motifs is 1. The molecule has 0 aromatic rings. The van der Waals surface area contributed by atoms with Crippen molar-refractivity contribution in [3.05, 3.63) is 47.6 Å². The van der Waals surface area contributed by atoms with Gasteiger partial charge >= 0.3 is 0 Å². The van der Waals surface area contributed by atoms with Gasteiger partial charge in [-0.1, -0.05) is 50.3 Å². The molecule has 0 amide bonds. The molecule has 0 radical (unpaired) electrons. The van der Waals surface area contributed by atoms with E-state index in [0.29, 0.717) is 5.92 Å². The van der Waals surface area contributed by atoms with Crippen LogP contribution in [0.1, 0.15) is 33.1 Å². The maximum Gasteiger partial charge on any atom is 0.0436 e. The first-order valence-electron chi connectivity index (χ1n) is 6.98. The van der Waals surface area contributed by atoms with Gasteiger partial charge in [-0.15, -0.1) is 0 Å². The normalized spacial score (nSPS) is 29.2. The lowest BCUT2D eigenvalue weighted by atomic mass is 9.73. The summed E-state index contributed by atoms with van der Waals surface area (Å²) in [4.78, 5) is 4.82. The highest BCUT2D eigenvalue weighted by Gasteiger charge is 2.31. The molecular formula is C17H21N. The highest BCUT2D eigenvalue weighted by Crippen LogP contribution is 2.37. The molecule has 1 aliphatic heterocycles. The zero-order valence-electron chi connectivity index (χ0n) is 11.3. The molecule has 1 atom stereocenters. The third-order valence-corrected chi connectivity index (χ3v) is 4.26. The molecule has 0 saturated carbocycles. The van der Waals surface area contributed by atoms with Gasteiger partial charge < -0.3 is 0 Å². The average Bonchev–Trinajstić information content (AvgIpc) is 2.38. The van der Waals surface area contributed by atoms with Gasteiger partial charge in [-0.25, -0.2) is 0 Å². The molecule has 1 nitrogen and oxygen atoms in total. The Balaban J connectivity index is 1.92. The van der Waals surface area contributed by atoms with E-state index in [9.17, 15) is 0 Å². The second-order valence-electron chi connectivity index (χ2n) is 6.13. The summed E-state index contributed by atoms with van der Waals surface area (Å²) in [6.07, 6.45) is 17.0. The van der Waals surface area contributed by atoms with Crippen molar-refractivity contribution in [2.45, 2.75) is 33.1 Å². The number of aliphatic imine (C=N–C) groups is 1. The van der Waals surface area contributed by atoms with Crippen LogP contribution in [0.2, 0.25) is 0 Å². The van der Waals surface area contributed by atoms with Gasteiger partial charge in [-0.3, -0.25) is 4.99 Å². The Morgan fingerprint density at radius 2 is 2.11 bits per heavy atom. The van der Waals surface area contributed by atoms with E-state index >= 15 is 0 Å². The van der Waals surface area contributed by atoms with Gasteiger partial charge in [-0.05, 0) is 30.4 Å². The average molecular weight is 239 g/mol. The quantitative estimate of drug-likeness (QED) is 0.649. The maximum atomic E-state index is 4.82. The van der Waals surface area contributed by atoms with Crippen LogP contribution in [-0.2, 0) is 0 Å². The first-order valence-corrected chi connectivity index (χ1v) is 6.98. The Hall–Kier alpha value is -1.37. The first-order chi connectivity index (χ1) is 8.67. The van der Waals surface area contributed by atoms with Crippen LogP contribution in [0.4, 0.5) is 0 Å². The number of allylic oxidation sites excluding steroid dienone is 8. The largest absolute Gasteiger partial charge is 0.289 e. The lowest BCUT2D eigenvalue weighted by Crippen LogP contribution is -2.31. The summed E-state index contributed by atoms with van der Waals surface area (Å²) in [5.41, 5.74) is 4.50. The summed E-state index contributed by atoms with van der Waals surface area (Å²) >= 11 is 0. The van der Waals surface area contributed by atoms with Crippen LogP contribution in [0, 0.1) is 11.3 Å². The van der Waals surface area contributed by atoms with Gasteiger partial charge in [-0.2, -0.15) is 0 Å². The molecule has 0 fully saturated rings.